The van der Waals surface area contributed by atoms with Crippen molar-refractivity contribution in [3.63, 3.8) is 0 Å². The van der Waals surface area contributed by atoms with E-state index in [2.05, 4.69) is 38.4 Å². The molecule has 2 heterocycles. The summed E-state index contributed by atoms with van der Waals surface area (Å²) in [5.74, 6) is 0.553. The van der Waals surface area contributed by atoms with Crippen LogP contribution in [0, 0.1) is 18.6 Å². The van der Waals surface area contributed by atoms with Gasteiger partial charge < -0.3 is 9.32 Å². The van der Waals surface area contributed by atoms with Crippen LogP contribution in [-0.4, -0.2) is 10.2 Å². The van der Waals surface area contributed by atoms with Crippen molar-refractivity contribution in [2.75, 3.05) is 4.90 Å². The molecule has 2 aliphatic rings. The number of aromatic nitrogens is 2. The van der Waals surface area contributed by atoms with E-state index in [1.165, 1.54) is 12.1 Å². The third-order valence-corrected chi connectivity index (χ3v) is 6.76. The molecule has 3 aromatic rings. The minimum absolute atomic E-state index is 0.128. The Labute approximate surface area is 193 Å². The van der Waals surface area contributed by atoms with E-state index in [0.717, 1.165) is 34.1 Å². The van der Waals surface area contributed by atoms with Gasteiger partial charge in [-0.25, -0.2) is 8.78 Å². The average molecular weight is 496 g/mol. The molecule has 4 nitrogen and oxygen atoms in total. The zero-order chi connectivity index (χ0) is 22.4. The Morgan fingerprint density at radius 1 is 1.19 bits per heavy atom. The molecule has 1 aliphatic heterocycles. The molecule has 32 heavy (non-hydrogen) atoms. The second kappa shape index (κ2) is 8.15. The predicted octanol–water partition coefficient (Wildman–Crippen LogP) is 6.88. The molecular formula is C25H20BrF2N3O. The number of aryl methyl sites for hydroxylation is 1. The number of halogens is 3. The van der Waals surface area contributed by atoms with Gasteiger partial charge in [-0.15, -0.1) is 15.9 Å². The molecule has 1 saturated carbocycles. The first-order chi connectivity index (χ1) is 15.5. The van der Waals surface area contributed by atoms with Crippen LogP contribution in [0.25, 0.3) is 10.1 Å². The molecular weight excluding hydrogens is 476 g/mol. The van der Waals surface area contributed by atoms with Gasteiger partial charge in [-0.2, -0.15) is 0 Å². The molecule has 0 spiro atoms. The highest BCUT2D eigenvalue weighted by molar-refractivity contribution is 9.15. The van der Waals surface area contributed by atoms with Crippen LogP contribution < -0.4 is 4.90 Å². The number of nitrogens with zero attached hydrogens (tertiary/aromatic N) is 3. The molecule has 2 aromatic carbocycles. The summed E-state index contributed by atoms with van der Waals surface area (Å²) < 4.78 is 35.7. The Morgan fingerprint density at radius 3 is 2.72 bits per heavy atom. The van der Waals surface area contributed by atoms with E-state index in [9.17, 15) is 8.78 Å². The molecule has 162 valence electrons. The summed E-state index contributed by atoms with van der Waals surface area (Å²) in [5, 5.41) is 8.50. The number of allylic oxidation sites excluding steroid dienone is 1. The molecule has 0 amide bonds. The third-order valence-electron chi connectivity index (χ3n) is 5.85. The van der Waals surface area contributed by atoms with Gasteiger partial charge in [-0.05, 0) is 59.5 Å². The van der Waals surface area contributed by atoms with E-state index in [1.54, 1.807) is 6.92 Å². The van der Waals surface area contributed by atoms with Crippen molar-refractivity contribution >= 4 is 31.7 Å². The molecule has 7 heteroatoms. The number of anilines is 1. The van der Waals surface area contributed by atoms with Gasteiger partial charge in [0.1, 0.15) is 11.6 Å². The van der Waals surface area contributed by atoms with Gasteiger partial charge in [0.15, 0.2) is 0 Å². The summed E-state index contributed by atoms with van der Waals surface area (Å²) in [7, 11) is 0. The summed E-state index contributed by atoms with van der Waals surface area (Å²) in [6, 6.07) is 10.2. The van der Waals surface area contributed by atoms with Gasteiger partial charge in [0.05, 0.1) is 17.9 Å². The average Bonchev–Trinajstić information content (AvgIpc) is 3.55. The van der Waals surface area contributed by atoms with E-state index < -0.39 is 11.6 Å². The first-order valence-electron chi connectivity index (χ1n) is 10.4. The van der Waals surface area contributed by atoms with Gasteiger partial charge in [0.25, 0.3) is 0 Å². The monoisotopic (exact) mass is 495 g/mol. The van der Waals surface area contributed by atoms with Crippen LogP contribution in [0.15, 0.2) is 58.8 Å². The van der Waals surface area contributed by atoms with Crippen LogP contribution in [0.3, 0.4) is 0 Å². The summed E-state index contributed by atoms with van der Waals surface area (Å²) in [6.45, 7) is 5.54. The third kappa shape index (κ3) is 3.72. The maximum absolute atomic E-state index is 14.7. The number of hydrogen-bond acceptors (Lipinski definition) is 4. The minimum atomic E-state index is -0.452. The van der Waals surface area contributed by atoms with Gasteiger partial charge >= 0.3 is 0 Å². The van der Waals surface area contributed by atoms with E-state index in [1.807, 2.05) is 29.2 Å². The molecule has 0 radical (unpaired) electrons. The van der Waals surface area contributed by atoms with Gasteiger partial charge in [-0.1, -0.05) is 24.8 Å². The fourth-order valence-corrected chi connectivity index (χ4v) is 4.53. The smallest absolute Gasteiger partial charge is 0.245 e. The van der Waals surface area contributed by atoms with Crippen molar-refractivity contribution in [2.45, 2.75) is 38.6 Å². The van der Waals surface area contributed by atoms with Gasteiger partial charge in [0.2, 0.25) is 11.8 Å². The zero-order valence-corrected chi connectivity index (χ0v) is 19.0. The lowest BCUT2D eigenvalue weighted by molar-refractivity contribution is 0.483. The van der Waals surface area contributed by atoms with Crippen LogP contribution in [0.2, 0.25) is 0 Å². The Kier molecular flexibility index (Phi) is 5.31. The second-order valence-electron chi connectivity index (χ2n) is 8.11. The van der Waals surface area contributed by atoms with Crippen LogP contribution >= 0.6 is 15.9 Å². The number of para-hydroxylation sites is 1. The quantitative estimate of drug-likeness (QED) is 0.370. The van der Waals surface area contributed by atoms with E-state index in [0.29, 0.717) is 29.8 Å². The van der Waals surface area contributed by atoms with Crippen molar-refractivity contribution in [3.05, 3.63) is 94.5 Å². The van der Waals surface area contributed by atoms with Crippen LogP contribution in [0.5, 0.6) is 0 Å². The number of rotatable bonds is 4. The van der Waals surface area contributed by atoms with Crippen LogP contribution in [0.4, 0.5) is 14.5 Å². The molecule has 0 saturated heterocycles. The molecule has 0 N–H and O–H groups in total. The molecule has 1 aliphatic carbocycles. The summed E-state index contributed by atoms with van der Waals surface area (Å²) in [4.78, 5) is 1.90. The lowest BCUT2D eigenvalue weighted by Crippen LogP contribution is -2.22. The van der Waals surface area contributed by atoms with Gasteiger partial charge in [-0.3, -0.25) is 0 Å². The largest absolute Gasteiger partial charge is 0.421 e. The molecule has 0 bridgehead atoms. The highest BCUT2D eigenvalue weighted by Crippen LogP contribution is 2.46. The highest BCUT2D eigenvalue weighted by Gasteiger charge is 2.32. The number of hydrogen-bond donors (Lipinski definition) is 0. The van der Waals surface area contributed by atoms with Crippen LogP contribution in [-0.2, 0) is 6.54 Å². The Morgan fingerprint density at radius 2 is 1.97 bits per heavy atom. The van der Waals surface area contributed by atoms with Crippen molar-refractivity contribution in [3.8, 4) is 0 Å². The summed E-state index contributed by atoms with van der Waals surface area (Å²) in [5.41, 5.74) is 6.73. The lowest BCUT2D eigenvalue weighted by atomic mass is 10.1. The molecule has 0 unspecified atom stereocenters. The fraction of sp³-hybridized carbons (Fsp3) is 0.240. The van der Waals surface area contributed by atoms with Crippen molar-refractivity contribution in [1.29, 1.82) is 0 Å². The summed E-state index contributed by atoms with van der Waals surface area (Å²) >= 11 is 3.74. The van der Waals surface area contributed by atoms with E-state index in [4.69, 9.17) is 4.42 Å². The van der Waals surface area contributed by atoms with E-state index >= 15 is 0 Å². The van der Waals surface area contributed by atoms with Gasteiger partial charge in [0, 0.05) is 33.5 Å². The predicted molar refractivity (Wildman–Crippen MR) is 123 cm³/mol. The first-order valence-corrected chi connectivity index (χ1v) is 11.2. The molecule has 1 fully saturated rings. The Bertz CT molecular complexity index is 1300. The number of benzene rings is 2. The Hall–Kier alpha value is -3.02. The normalized spacial score (nSPS) is 16.1. The summed E-state index contributed by atoms with van der Waals surface area (Å²) in [6.07, 6.45) is 2.52. The topological polar surface area (TPSA) is 42.2 Å². The highest BCUT2D eigenvalue weighted by atomic mass is 79.9. The molecule has 0 atom stereocenters. The standard InChI is InChI=1S/C25H20BrF2N3O/c1-3-17-12-19(25-30-29-24(32-25)15-8-9-15)23(26)18-6-4-5-7-22(18)31(17)13-16-11-20(27)14(2)10-21(16)28/h4-7,10-11,15H,1,8-9,12-13H2,2H3. The van der Waals surface area contributed by atoms with Crippen LogP contribution in [0.1, 0.15) is 53.7 Å². The van der Waals surface area contributed by atoms with Crippen molar-refractivity contribution < 1.29 is 13.2 Å². The fourth-order valence-electron chi connectivity index (χ4n) is 3.88. The number of fused-ring (bicyclic) bond motifs is 1. The molecule has 1 aromatic heterocycles. The Balaban J connectivity index is 1.60. The lowest BCUT2D eigenvalue weighted by Gasteiger charge is -2.27. The maximum atomic E-state index is 14.7. The zero-order valence-electron chi connectivity index (χ0n) is 17.5. The van der Waals surface area contributed by atoms with Crippen molar-refractivity contribution in [2.24, 2.45) is 0 Å². The second-order valence-corrected chi connectivity index (χ2v) is 8.90. The van der Waals surface area contributed by atoms with E-state index in [-0.39, 0.29) is 17.7 Å². The molecule has 5 rings (SSSR count). The minimum Gasteiger partial charge on any atom is -0.421 e. The first kappa shape index (κ1) is 20.9. The maximum Gasteiger partial charge on any atom is 0.245 e. The van der Waals surface area contributed by atoms with Crippen molar-refractivity contribution in [1.82, 2.24) is 10.2 Å². The SMILES string of the molecule is C=C=C1CC(c2nnc(C3CC3)o2)=C(Br)c2ccccc2N1Cc1cc(F)c(C)cc1F.